The summed E-state index contributed by atoms with van der Waals surface area (Å²) >= 11 is 0. The van der Waals surface area contributed by atoms with E-state index >= 15 is 0 Å². The maximum absolute atomic E-state index is 12.0. The van der Waals surface area contributed by atoms with Gasteiger partial charge in [-0.25, -0.2) is 4.98 Å². The zero-order chi connectivity index (χ0) is 17.0. The zero-order valence-electron chi connectivity index (χ0n) is 13.5. The van der Waals surface area contributed by atoms with Crippen molar-refractivity contribution in [2.24, 2.45) is 0 Å². The van der Waals surface area contributed by atoms with E-state index in [1.807, 2.05) is 11.8 Å². The molecule has 1 saturated heterocycles. The molecule has 23 heavy (non-hydrogen) atoms. The minimum absolute atomic E-state index is 0.0568. The Morgan fingerprint density at radius 2 is 2.09 bits per heavy atom. The van der Waals surface area contributed by atoms with Gasteiger partial charge in [0, 0.05) is 19.6 Å². The molecular formula is C14H22N6O3. The van der Waals surface area contributed by atoms with Crippen molar-refractivity contribution in [3.05, 3.63) is 26.2 Å². The van der Waals surface area contributed by atoms with Crippen molar-refractivity contribution in [1.82, 2.24) is 14.9 Å². The average Bonchev–Trinajstić information content (AvgIpc) is 2.51. The fourth-order valence-corrected chi connectivity index (χ4v) is 2.72. The van der Waals surface area contributed by atoms with Crippen LogP contribution in [0.4, 0.5) is 11.6 Å². The topological polar surface area (TPSA) is 119 Å². The first kappa shape index (κ1) is 16.9. The number of nitrogens with one attached hydrogen (secondary N) is 2. The fraction of sp³-hybridized carbons (Fsp3) is 0.643. The van der Waals surface area contributed by atoms with Crippen LogP contribution in [0.2, 0.25) is 0 Å². The van der Waals surface area contributed by atoms with Gasteiger partial charge in [-0.2, -0.15) is 0 Å². The van der Waals surface area contributed by atoms with Crippen LogP contribution in [0.5, 0.6) is 0 Å². The number of hydrogen-bond acceptors (Lipinski definition) is 5. The summed E-state index contributed by atoms with van der Waals surface area (Å²) in [6.45, 7) is 5.51. The minimum atomic E-state index is -0.787. The molecule has 0 amide bonds. The summed E-state index contributed by atoms with van der Waals surface area (Å²) in [6, 6.07) is 0. The Labute approximate surface area is 134 Å². The van der Waals surface area contributed by atoms with Gasteiger partial charge in [-0.15, -0.1) is 0 Å². The summed E-state index contributed by atoms with van der Waals surface area (Å²) in [5.41, 5.74) is -1.28. The Hall–Kier alpha value is -2.45. The van der Waals surface area contributed by atoms with E-state index in [4.69, 9.17) is 5.41 Å². The van der Waals surface area contributed by atoms with E-state index < -0.39 is 16.2 Å². The molecule has 2 N–H and O–H groups in total. The van der Waals surface area contributed by atoms with Crippen LogP contribution >= 0.6 is 0 Å². The summed E-state index contributed by atoms with van der Waals surface area (Å²) < 4.78 is 0. The number of aromatic amines is 1. The number of anilines is 1. The molecule has 126 valence electrons. The van der Waals surface area contributed by atoms with Crippen molar-refractivity contribution in [2.75, 3.05) is 24.5 Å². The molecule has 1 aliphatic rings. The van der Waals surface area contributed by atoms with Crippen LogP contribution in [-0.2, 0) is 0 Å². The molecule has 1 aliphatic heterocycles. The molecule has 9 heteroatoms. The van der Waals surface area contributed by atoms with Crippen LogP contribution in [0, 0.1) is 22.4 Å². The van der Waals surface area contributed by atoms with E-state index in [0.29, 0.717) is 6.54 Å². The summed E-state index contributed by atoms with van der Waals surface area (Å²) in [5, 5.41) is 19.3. The molecule has 1 fully saturated rings. The van der Waals surface area contributed by atoms with Crippen LogP contribution in [0.25, 0.3) is 0 Å². The van der Waals surface area contributed by atoms with Crippen molar-refractivity contribution in [3.8, 4) is 0 Å². The van der Waals surface area contributed by atoms with Gasteiger partial charge in [-0.05, 0) is 32.6 Å². The van der Waals surface area contributed by atoms with Gasteiger partial charge in [-0.1, -0.05) is 6.92 Å². The number of nitro groups is 1. The van der Waals surface area contributed by atoms with Gasteiger partial charge >= 0.3 is 11.2 Å². The Bertz CT molecular complexity index is 650. The van der Waals surface area contributed by atoms with Crippen molar-refractivity contribution in [2.45, 2.75) is 39.5 Å². The second-order valence-electron chi connectivity index (χ2n) is 5.60. The smallest absolute Gasteiger partial charge is 0.343 e. The van der Waals surface area contributed by atoms with Gasteiger partial charge in [0.15, 0.2) is 0 Å². The molecule has 0 aromatic carbocycles. The van der Waals surface area contributed by atoms with Gasteiger partial charge in [0.25, 0.3) is 0 Å². The van der Waals surface area contributed by atoms with E-state index in [0.717, 1.165) is 38.8 Å². The van der Waals surface area contributed by atoms with E-state index in [-0.39, 0.29) is 17.6 Å². The van der Waals surface area contributed by atoms with E-state index in [1.54, 1.807) is 4.90 Å². The standard InChI is InChI=1S/C14H22N6O3/c1-3-7-19(13(15)18-8-5-4-6-9-18)14-16-10(2)11(20(22)23)12(21)17-14/h15H,3-9H2,1-2H3,(H,16,17,21). The predicted molar refractivity (Wildman–Crippen MR) is 87.0 cm³/mol. The summed E-state index contributed by atoms with van der Waals surface area (Å²) in [7, 11) is 0. The van der Waals surface area contributed by atoms with Gasteiger partial charge in [0.1, 0.15) is 5.69 Å². The largest absolute Gasteiger partial charge is 0.354 e. The zero-order valence-corrected chi connectivity index (χ0v) is 13.5. The maximum Gasteiger partial charge on any atom is 0.354 e. The number of piperidine rings is 1. The molecular weight excluding hydrogens is 300 g/mol. The third kappa shape index (κ3) is 3.66. The molecule has 0 saturated carbocycles. The Kier molecular flexibility index (Phi) is 5.30. The van der Waals surface area contributed by atoms with Gasteiger partial charge in [-0.3, -0.25) is 30.2 Å². The fourth-order valence-electron chi connectivity index (χ4n) is 2.72. The second-order valence-corrected chi connectivity index (χ2v) is 5.60. The van der Waals surface area contributed by atoms with Crippen molar-refractivity contribution in [3.63, 3.8) is 0 Å². The molecule has 2 rings (SSSR count). The molecule has 0 atom stereocenters. The molecule has 1 aromatic heterocycles. The summed E-state index contributed by atoms with van der Waals surface area (Å²) in [5.74, 6) is 0.471. The van der Waals surface area contributed by atoms with Crippen molar-refractivity contribution < 1.29 is 4.92 Å². The number of aromatic nitrogens is 2. The number of likely N-dealkylation sites (tertiary alicyclic amines) is 1. The molecule has 1 aromatic rings. The number of rotatable bonds is 4. The Balaban J connectivity index is 2.35. The molecule has 9 nitrogen and oxygen atoms in total. The maximum atomic E-state index is 12.0. The lowest BCUT2D eigenvalue weighted by Crippen LogP contribution is -2.47. The first-order valence-electron chi connectivity index (χ1n) is 7.82. The van der Waals surface area contributed by atoms with E-state index in [2.05, 4.69) is 9.97 Å². The lowest BCUT2D eigenvalue weighted by molar-refractivity contribution is -0.387. The highest BCUT2D eigenvalue weighted by Gasteiger charge is 2.25. The van der Waals surface area contributed by atoms with E-state index in [1.165, 1.54) is 6.92 Å². The molecule has 0 aliphatic carbocycles. The number of aryl methyl sites for hydroxylation is 1. The number of guanidine groups is 1. The molecule has 0 bridgehead atoms. The van der Waals surface area contributed by atoms with Gasteiger partial charge < -0.3 is 4.90 Å². The highest BCUT2D eigenvalue weighted by molar-refractivity contribution is 5.92. The van der Waals surface area contributed by atoms with Crippen LogP contribution in [-0.4, -0.2) is 45.4 Å². The van der Waals surface area contributed by atoms with Crippen LogP contribution in [0.15, 0.2) is 4.79 Å². The quantitative estimate of drug-likeness (QED) is 0.376. The first-order chi connectivity index (χ1) is 11.0. The lowest BCUT2D eigenvalue weighted by atomic mass is 10.1. The summed E-state index contributed by atoms with van der Waals surface area (Å²) in [6.07, 6.45) is 3.98. The third-order valence-electron chi connectivity index (χ3n) is 3.85. The van der Waals surface area contributed by atoms with Crippen LogP contribution < -0.4 is 10.5 Å². The molecule has 0 radical (unpaired) electrons. The third-order valence-corrected chi connectivity index (χ3v) is 3.85. The van der Waals surface area contributed by atoms with Crippen molar-refractivity contribution >= 4 is 17.6 Å². The Morgan fingerprint density at radius 1 is 1.43 bits per heavy atom. The minimum Gasteiger partial charge on any atom is -0.343 e. The Morgan fingerprint density at radius 3 is 2.61 bits per heavy atom. The van der Waals surface area contributed by atoms with Crippen LogP contribution in [0.1, 0.15) is 38.3 Å². The highest BCUT2D eigenvalue weighted by atomic mass is 16.6. The SMILES string of the molecule is CCCN(C(=N)N1CCCCC1)c1nc(C)c([N+](=O)[O-])c(=O)[nH]1. The number of H-pyrrole nitrogens is 1. The highest BCUT2D eigenvalue weighted by Crippen LogP contribution is 2.17. The summed E-state index contributed by atoms with van der Waals surface area (Å²) in [4.78, 5) is 32.3. The van der Waals surface area contributed by atoms with Gasteiger partial charge in [0.2, 0.25) is 11.9 Å². The molecule has 0 spiro atoms. The molecule has 0 unspecified atom stereocenters. The second kappa shape index (κ2) is 7.21. The van der Waals surface area contributed by atoms with E-state index in [9.17, 15) is 14.9 Å². The molecule has 2 heterocycles. The monoisotopic (exact) mass is 322 g/mol. The number of hydrogen-bond donors (Lipinski definition) is 2. The number of nitrogens with zero attached hydrogens (tertiary/aromatic N) is 4. The lowest BCUT2D eigenvalue weighted by Gasteiger charge is -2.34. The first-order valence-corrected chi connectivity index (χ1v) is 7.82. The average molecular weight is 322 g/mol. The van der Waals surface area contributed by atoms with Gasteiger partial charge in [0.05, 0.1) is 4.92 Å². The van der Waals surface area contributed by atoms with Crippen molar-refractivity contribution in [1.29, 1.82) is 5.41 Å². The normalized spacial score (nSPS) is 14.6. The predicted octanol–water partition coefficient (Wildman–Crippen LogP) is 1.62. The van der Waals surface area contributed by atoms with Crippen LogP contribution in [0.3, 0.4) is 0 Å².